The van der Waals surface area contributed by atoms with Gasteiger partial charge >= 0.3 is 0 Å². The summed E-state index contributed by atoms with van der Waals surface area (Å²) in [6, 6.07) is 14.1. The van der Waals surface area contributed by atoms with Gasteiger partial charge in [0.25, 0.3) is 11.5 Å². The van der Waals surface area contributed by atoms with Crippen molar-refractivity contribution in [3.63, 3.8) is 0 Å². The number of nitrogens with zero attached hydrogens (tertiary/aromatic N) is 2. The van der Waals surface area contributed by atoms with Crippen molar-refractivity contribution < 1.29 is 14.4 Å². The van der Waals surface area contributed by atoms with E-state index in [1.54, 1.807) is 38.1 Å². The fraction of sp³-hybridized carbons (Fsp3) is 0.292. The van der Waals surface area contributed by atoms with Gasteiger partial charge in [-0.05, 0) is 44.4 Å². The lowest BCUT2D eigenvalue weighted by Crippen LogP contribution is -2.43. The van der Waals surface area contributed by atoms with Crippen LogP contribution in [0.3, 0.4) is 0 Å². The first-order chi connectivity index (χ1) is 15.8. The van der Waals surface area contributed by atoms with E-state index in [0.717, 1.165) is 11.3 Å². The lowest BCUT2D eigenvalue weighted by Gasteiger charge is -2.24. The Morgan fingerprint density at radius 3 is 2.52 bits per heavy atom. The van der Waals surface area contributed by atoms with Gasteiger partial charge in [-0.2, -0.15) is 5.10 Å². The number of carbonyl (C=O) groups excluding carboxylic acids is 3. The van der Waals surface area contributed by atoms with Crippen molar-refractivity contribution in [2.75, 3.05) is 5.32 Å². The molecule has 0 radical (unpaired) electrons. The third-order valence-electron chi connectivity index (χ3n) is 5.68. The standard InChI is InChI=1S/C24H25N5O4/c1-14(2)29-24(33)18-9-5-4-8-17(18)21(28-29)23(32)27-26-20(30)12-11-16-13-15-7-3-6-10-19(15)25-22(16)31/h3-10,14,16H,11-13H2,1-2H3,(H,25,31)(H,26,30)(H,27,32)/t16-/m0/s1. The lowest BCUT2D eigenvalue weighted by atomic mass is 9.89. The smallest absolute Gasteiger partial charge is 0.290 e. The van der Waals surface area contributed by atoms with Crippen LogP contribution in [-0.2, 0) is 16.0 Å². The number of amides is 3. The minimum Gasteiger partial charge on any atom is -0.326 e. The number of hydrogen-bond donors (Lipinski definition) is 3. The van der Waals surface area contributed by atoms with Crippen molar-refractivity contribution in [1.82, 2.24) is 20.6 Å². The van der Waals surface area contributed by atoms with E-state index in [-0.39, 0.29) is 35.5 Å². The zero-order chi connectivity index (χ0) is 23.5. The number of hydrogen-bond acceptors (Lipinski definition) is 5. The Bertz CT molecular complexity index is 1300. The molecule has 0 aliphatic carbocycles. The number of carbonyl (C=O) groups is 3. The Labute approximate surface area is 190 Å². The Morgan fingerprint density at radius 2 is 1.76 bits per heavy atom. The number of benzene rings is 2. The van der Waals surface area contributed by atoms with Gasteiger partial charge in [0.1, 0.15) is 0 Å². The van der Waals surface area contributed by atoms with Crippen LogP contribution in [0.25, 0.3) is 10.8 Å². The summed E-state index contributed by atoms with van der Waals surface area (Å²) in [5.74, 6) is -1.48. The highest BCUT2D eigenvalue weighted by Gasteiger charge is 2.26. The van der Waals surface area contributed by atoms with E-state index in [2.05, 4.69) is 21.3 Å². The van der Waals surface area contributed by atoms with E-state index in [1.807, 2.05) is 24.3 Å². The number of rotatable bonds is 5. The van der Waals surface area contributed by atoms with Gasteiger partial charge in [-0.25, -0.2) is 4.68 Å². The molecule has 0 saturated carbocycles. The Morgan fingerprint density at radius 1 is 1.06 bits per heavy atom. The lowest BCUT2D eigenvalue weighted by molar-refractivity contribution is -0.123. The average Bonchev–Trinajstić information content (AvgIpc) is 2.81. The van der Waals surface area contributed by atoms with Crippen LogP contribution in [0, 0.1) is 5.92 Å². The third-order valence-corrected chi connectivity index (χ3v) is 5.68. The molecule has 0 saturated heterocycles. The summed E-state index contributed by atoms with van der Waals surface area (Å²) < 4.78 is 1.25. The van der Waals surface area contributed by atoms with Crippen molar-refractivity contribution in [2.24, 2.45) is 5.92 Å². The number of nitrogens with one attached hydrogen (secondary N) is 3. The molecule has 9 heteroatoms. The van der Waals surface area contributed by atoms with Crippen LogP contribution in [0.1, 0.15) is 48.8 Å². The molecular formula is C24H25N5O4. The molecule has 1 aliphatic rings. The summed E-state index contributed by atoms with van der Waals surface area (Å²) >= 11 is 0. The molecular weight excluding hydrogens is 422 g/mol. The van der Waals surface area contributed by atoms with E-state index in [0.29, 0.717) is 23.6 Å². The van der Waals surface area contributed by atoms with Crippen LogP contribution in [0.4, 0.5) is 5.69 Å². The Hall–Kier alpha value is -4.01. The highest BCUT2D eigenvalue weighted by Crippen LogP contribution is 2.27. The molecule has 2 heterocycles. The zero-order valence-electron chi connectivity index (χ0n) is 18.4. The van der Waals surface area contributed by atoms with Crippen LogP contribution < -0.4 is 21.7 Å². The van der Waals surface area contributed by atoms with Crippen molar-refractivity contribution >= 4 is 34.2 Å². The Balaban J connectivity index is 1.40. The maximum atomic E-state index is 12.8. The number of fused-ring (bicyclic) bond motifs is 2. The summed E-state index contributed by atoms with van der Waals surface area (Å²) in [7, 11) is 0. The van der Waals surface area contributed by atoms with Gasteiger partial charge in [0.15, 0.2) is 5.69 Å². The SMILES string of the molecule is CC(C)n1nc(C(=O)NNC(=O)CC[C@H]2Cc3ccccc3NC2=O)c2ccccc2c1=O. The molecule has 2 aromatic carbocycles. The maximum absolute atomic E-state index is 12.8. The molecule has 1 atom stereocenters. The van der Waals surface area contributed by atoms with Crippen molar-refractivity contribution in [1.29, 1.82) is 0 Å². The summed E-state index contributed by atoms with van der Waals surface area (Å²) in [6.07, 6.45) is 0.982. The Kier molecular flexibility index (Phi) is 6.21. The maximum Gasteiger partial charge on any atom is 0.290 e. The van der Waals surface area contributed by atoms with Gasteiger partial charge < -0.3 is 5.32 Å². The fourth-order valence-electron chi connectivity index (χ4n) is 3.92. The van der Waals surface area contributed by atoms with Crippen molar-refractivity contribution in [2.45, 2.75) is 39.2 Å². The highest BCUT2D eigenvalue weighted by atomic mass is 16.2. The van der Waals surface area contributed by atoms with E-state index in [4.69, 9.17) is 0 Å². The first kappa shape index (κ1) is 22.2. The normalized spacial score (nSPS) is 15.1. The average molecular weight is 447 g/mol. The number of aromatic nitrogens is 2. The molecule has 1 aromatic heterocycles. The van der Waals surface area contributed by atoms with Gasteiger partial charge in [-0.15, -0.1) is 0 Å². The molecule has 0 unspecified atom stereocenters. The van der Waals surface area contributed by atoms with Gasteiger partial charge in [0, 0.05) is 23.4 Å². The molecule has 33 heavy (non-hydrogen) atoms. The van der Waals surface area contributed by atoms with E-state index in [9.17, 15) is 19.2 Å². The summed E-state index contributed by atoms with van der Waals surface area (Å²) in [4.78, 5) is 50.0. The molecule has 0 fully saturated rings. The fourth-order valence-corrected chi connectivity index (χ4v) is 3.92. The monoisotopic (exact) mass is 447 g/mol. The summed E-state index contributed by atoms with van der Waals surface area (Å²) in [5.41, 5.74) is 6.36. The molecule has 3 amide bonds. The van der Waals surface area contributed by atoms with Gasteiger partial charge in [-0.1, -0.05) is 36.4 Å². The highest BCUT2D eigenvalue weighted by molar-refractivity contribution is 6.05. The molecule has 170 valence electrons. The minimum absolute atomic E-state index is 0.0439. The molecule has 0 bridgehead atoms. The molecule has 9 nitrogen and oxygen atoms in total. The molecule has 4 rings (SSSR count). The van der Waals surface area contributed by atoms with Gasteiger partial charge in [-0.3, -0.25) is 30.0 Å². The van der Waals surface area contributed by atoms with E-state index < -0.39 is 11.8 Å². The molecule has 3 N–H and O–H groups in total. The second-order valence-corrected chi connectivity index (χ2v) is 8.33. The number of hydrazine groups is 1. The van der Waals surface area contributed by atoms with Crippen LogP contribution in [0.15, 0.2) is 53.3 Å². The molecule has 1 aliphatic heterocycles. The van der Waals surface area contributed by atoms with Gasteiger partial charge in [0.05, 0.1) is 11.4 Å². The van der Waals surface area contributed by atoms with Crippen molar-refractivity contribution in [3.8, 4) is 0 Å². The van der Waals surface area contributed by atoms with Crippen LogP contribution in [-0.4, -0.2) is 27.5 Å². The van der Waals surface area contributed by atoms with Crippen LogP contribution in [0.5, 0.6) is 0 Å². The minimum atomic E-state index is -0.627. The van der Waals surface area contributed by atoms with E-state index in [1.165, 1.54) is 4.68 Å². The molecule has 3 aromatic rings. The summed E-state index contributed by atoms with van der Waals surface area (Å²) in [6.45, 7) is 3.60. The second-order valence-electron chi connectivity index (χ2n) is 8.33. The quantitative estimate of drug-likeness (QED) is 0.518. The second kappa shape index (κ2) is 9.23. The first-order valence-electron chi connectivity index (χ1n) is 10.8. The number of anilines is 1. The number of para-hydroxylation sites is 1. The third kappa shape index (κ3) is 4.62. The predicted molar refractivity (Wildman–Crippen MR) is 123 cm³/mol. The topological polar surface area (TPSA) is 122 Å². The predicted octanol–water partition coefficient (Wildman–Crippen LogP) is 2.33. The van der Waals surface area contributed by atoms with Crippen LogP contribution in [0.2, 0.25) is 0 Å². The van der Waals surface area contributed by atoms with Gasteiger partial charge in [0.2, 0.25) is 11.8 Å². The summed E-state index contributed by atoms with van der Waals surface area (Å²) in [5, 5.41) is 7.86. The van der Waals surface area contributed by atoms with Crippen LogP contribution >= 0.6 is 0 Å². The molecule has 0 spiro atoms. The van der Waals surface area contributed by atoms with Crippen molar-refractivity contribution in [3.05, 3.63) is 70.1 Å². The largest absolute Gasteiger partial charge is 0.326 e. The zero-order valence-corrected chi connectivity index (χ0v) is 18.4. The first-order valence-corrected chi connectivity index (χ1v) is 10.8. The van der Waals surface area contributed by atoms with E-state index >= 15 is 0 Å².